The zero-order valence-electron chi connectivity index (χ0n) is 7.87. The van der Waals surface area contributed by atoms with Crippen molar-refractivity contribution in [1.29, 1.82) is 0 Å². The average molecular weight is 212 g/mol. The van der Waals surface area contributed by atoms with E-state index in [0.29, 0.717) is 0 Å². The first-order valence-corrected chi connectivity index (χ1v) is 3.75. The fourth-order valence-corrected chi connectivity index (χ4v) is 0.781. The van der Waals surface area contributed by atoms with Gasteiger partial charge in [-0.25, -0.2) is 0 Å². The summed E-state index contributed by atoms with van der Waals surface area (Å²) < 4.78 is 0. The summed E-state index contributed by atoms with van der Waals surface area (Å²) in [7, 11) is 0. The van der Waals surface area contributed by atoms with Gasteiger partial charge in [-0.05, 0) is 13.5 Å². The molecular formula is C8H8N2O5. The summed E-state index contributed by atoms with van der Waals surface area (Å²) >= 11 is 0. The highest BCUT2D eigenvalue weighted by atomic mass is 16.6. The van der Waals surface area contributed by atoms with E-state index in [2.05, 4.69) is 6.58 Å². The molecule has 0 amide bonds. The summed E-state index contributed by atoms with van der Waals surface area (Å²) in [5.41, 5.74) is -2.08. The largest absolute Gasteiger partial charge is 0.297 e. The van der Waals surface area contributed by atoms with Crippen molar-refractivity contribution in [2.75, 3.05) is 0 Å². The Bertz CT molecular complexity index is 380. The SMILES string of the molecule is C=C(/C(C=O)=C(\C=C/C)[N+](=O)[O-])[N+](=O)[O-]. The molecule has 0 aromatic carbocycles. The topological polar surface area (TPSA) is 103 Å². The molecule has 0 atom stereocenters. The van der Waals surface area contributed by atoms with Crippen LogP contribution in [0.25, 0.3) is 0 Å². The van der Waals surface area contributed by atoms with Gasteiger partial charge in [0.15, 0.2) is 11.9 Å². The van der Waals surface area contributed by atoms with E-state index in [-0.39, 0.29) is 6.29 Å². The van der Waals surface area contributed by atoms with Gasteiger partial charge in [0.1, 0.15) is 0 Å². The molecule has 0 heterocycles. The lowest BCUT2D eigenvalue weighted by Gasteiger charge is -1.96. The van der Waals surface area contributed by atoms with Crippen LogP contribution in [-0.2, 0) is 4.79 Å². The minimum atomic E-state index is -0.948. The Morgan fingerprint density at radius 2 is 1.80 bits per heavy atom. The van der Waals surface area contributed by atoms with Crippen molar-refractivity contribution in [3.05, 3.63) is 55.9 Å². The van der Waals surface area contributed by atoms with Crippen LogP contribution in [0.15, 0.2) is 35.7 Å². The van der Waals surface area contributed by atoms with Crippen molar-refractivity contribution >= 4 is 6.29 Å². The summed E-state index contributed by atoms with van der Waals surface area (Å²) in [6.45, 7) is 4.47. The molecule has 0 saturated heterocycles. The molecule has 15 heavy (non-hydrogen) atoms. The van der Waals surface area contributed by atoms with Crippen LogP contribution in [0.4, 0.5) is 0 Å². The Hall–Kier alpha value is -2.31. The number of nitro groups is 2. The van der Waals surface area contributed by atoms with Crippen molar-refractivity contribution in [2.45, 2.75) is 6.92 Å². The van der Waals surface area contributed by atoms with Gasteiger partial charge in [0, 0.05) is 6.08 Å². The maximum atomic E-state index is 10.5. The number of hydrogen-bond acceptors (Lipinski definition) is 5. The van der Waals surface area contributed by atoms with Crippen LogP contribution in [0, 0.1) is 20.2 Å². The molecule has 7 heteroatoms. The van der Waals surface area contributed by atoms with Gasteiger partial charge in [-0.1, -0.05) is 6.08 Å². The molecule has 0 aromatic heterocycles. The Morgan fingerprint density at radius 3 is 2.07 bits per heavy atom. The quantitative estimate of drug-likeness (QED) is 0.223. The molecule has 0 fully saturated rings. The van der Waals surface area contributed by atoms with Crippen LogP contribution in [0.5, 0.6) is 0 Å². The maximum Gasteiger partial charge on any atom is 0.286 e. The van der Waals surface area contributed by atoms with Crippen LogP contribution in [-0.4, -0.2) is 16.1 Å². The van der Waals surface area contributed by atoms with Crippen molar-refractivity contribution in [2.24, 2.45) is 0 Å². The molecule has 0 aliphatic heterocycles. The summed E-state index contributed by atoms with van der Waals surface area (Å²) in [5, 5.41) is 20.8. The van der Waals surface area contributed by atoms with E-state index in [1.807, 2.05) is 0 Å². The molecule has 0 aliphatic rings. The number of carbonyl (C=O) groups is 1. The van der Waals surface area contributed by atoms with Gasteiger partial charge < -0.3 is 0 Å². The van der Waals surface area contributed by atoms with E-state index in [1.54, 1.807) is 0 Å². The van der Waals surface area contributed by atoms with Crippen molar-refractivity contribution in [1.82, 2.24) is 0 Å². The van der Waals surface area contributed by atoms with Gasteiger partial charge in [-0.2, -0.15) is 0 Å². The molecule has 7 nitrogen and oxygen atoms in total. The molecule has 0 saturated carbocycles. The standard InChI is InChI=1S/C8H8N2O5/c1-3-4-8(10(14)15)7(5-11)6(2)9(12)13/h3-5H,2H2,1H3/b4-3-,8-7+. The van der Waals surface area contributed by atoms with Gasteiger partial charge in [0.2, 0.25) is 0 Å². The van der Waals surface area contributed by atoms with Crippen LogP contribution < -0.4 is 0 Å². The second-order valence-corrected chi connectivity index (χ2v) is 2.38. The minimum Gasteiger partial charge on any atom is -0.297 e. The molecule has 0 bridgehead atoms. The monoisotopic (exact) mass is 212 g/mol. The smallest absolute Gasteiger partial charge is 0.286 e. The Labute approximate surface area is 84.7 Å². The molecular weight excluding hydrogens is 204 g/mol. The lowest BCUT2D eigenvalue weighted by atomic mass is 10.1. The highest BCUT2D eigenvalue weighted by Crippen LogP contribution is 2.13. The van der Waals surface area contributed by atoms with Gasteiger partial charge in [-0.15, -0.1) is 0 Å². The predicted molar refractivity (Wildman–Crippen MR) is 51.0 cm³/mol. The first-order chi connectivity index (χ1) is 6.95. The normalized spacial score (nSPS) is 12.1. The van der Waals surface area contributed by atoms with E-state index in [9.17, 15) is 25.0 Å². The van der Waals surface area contributed by atoms with E-state index in [1.165, 1.54) is 13.0 Å². The van der Waals surface area contributed by atoms with E-state index in [0.717, 1.165) is 6.08 Å². The fraction of sp³-hybridized carbons (Fsp3) is 0.125. The lowest BCUT2D eigenvalue weighted by molar-refractivity contribution is -0.432. The first-order valence-electron chi connectivity index (χ1n) is 3.75. The average Bonchev–Trinajstić information content (AvgIpc) is 2.16. The predicted octanol–water partition coefficient (Wildman–Crippen LogP) is 1.08. The fourth-order valence-electron chi connectivity index (χ4n) is 0.781. The Morgan fingerprint density at radius 1 is 1.27 bits per heavy atom. The third kappa shape index (κ3) is 3.14. The van der Waals surface area contributed by atoms with Gasteiger partial charge in [0.05, 0.1) is 9.85 Å². The van der Waals surface area contributed by atoms with Gasteiger partial charge in [0.25, 0.3) is 11.4 Å². The molecule has 80 valence electrons. The Balaban J connectivity index is 5.62. The zero-order valence-corrected chi connectivity index (χ0v) is 7.87. The van der Waals surface area contributed by atoms with Gasteiger partial charge in [-0.3, -0.25) is 25.0 Å². The van der Waals surface area contributed by atoms with E-state index >= 15 is 0 Å². The van der Waals surface area contributed by atoms with Crippen molar-refractivity contribution in [3.8, 4) is 0 Å². The number of rotatable bonds is 5. The summed E-state index contributed by atoms with van der Waals surface area (Å²) in [6, 6.07) is 0. The number of hydrogen-bond donors (Lipinski definition) is 0. The van der Waals surface area contributed by atoms with Crippen LogP contribution in [0.1, 0.15) is 6.92 Å². The van der Waals surface area contributed by atoms with Crippen molar-refractivity contribution < 1.29 is 14.6 Å². The molecule has 0 N–H and O–H groups in total. The molecule has 0 unspecified atom stereocenters. The van der Waals surface area contributed by atoms with Gasteiger partial charge >= 0.3 is 0 Å². The first kappa shape index (κ1) is 12.7. The number of aldehydes is 1. The molecule has 0 spiro atoms. The zero-order chi connectivity index (χ0) is 12.0. The minimum absolute atomic E-state index is 0.0449. The molecule has 0 rings (SSSR count). The van der Waals surface area contributed by atoms with Crippen molar-refractivity contribution in [3.63, 3.8) is 0 Å². The summed E-state index contributed by atoms with van der Waals surface area (Å²) in [4.78, 5) is 29.5. The maximum absolute atomic E-state index is 10.5. The summed E-state index contributed by atoms with van der Waals surface area (Å²) in [6.07, 6.45) is 2.34. The molecule has 0 aliphatic carbocycles. The molecule has 0 aromatic rings. The number of allylic oxidation sites excluding steroid dienone is 3. The van der Waals surface area contributed by atoms with Crippen LogP contribution >= 0.6 is 0 Å². The number of nitrogens with zero attached hydrogens (tertiary/aromatic N) is 2. The highest BCUT2D eigenvalue weighted by Gasteiger charge is 2.24. The van der Waals surface area contributed by atoms with E-state index < -0.39 is 26.8 Å². The third-order valence-corrected chi connectivity index (χ3v) is 1.45. The lowest BCUT2D eigenvalue weighted by Crippen LogP contribution is -2.09. The Kier molecular flexibility index (Phi) is 4.59. The van der Waals surface area contributed by atoms with Crippen LogP contribution in [0.3, 0.4) is 0 Å². The second kappa shape index (κ2) is 5.43. The van der Waals surface area contributed by atoms with Crippen LogP contribution in [0.2, 0.25) is 0 Å². The third-order valence-electron chi connectivity index (χ3n) is 1.45. The second-order valence-electron chi connectivity index (χ2n) is 2.38. The molecule has 0 radical (unpaired) electrons. The highest BCUT2D eigenvalue weighted by molar-refractivity contribution is 5.80. The summed E-state index contributed by atoms with van der Waals surface area (Å²) in [5.74, 6) is 0. The number of carbonyl (C=O) groups excluding carboxylic acids is 1. The van der Waals surface area contributed by atoms with E-state index in [4.69, 9.17) is 0 Å².